The second kappa shape index (κ2) is 9.27. The van der Waals surface area contributed by atoms with E-state index in [1.54, 1.807) is 0 Å². The van der Waals surface area contributed by atoms with Crippen molar-refractivity contribution in [2.75, 3.05) is 12.3 Å². The highest BCUT2D eigenvalue weighted by Crippen LogP contribution is 2.32. The van der Waals surface area contributed by atoms with Crippen LogP contribution in [0.3, 0.4) is 0 Å². The molecule has 0 saturated carbocycles. The van der Waals surface area contributed by atoms with E-state index < -0.39 is 0 Å². The van der Waals surface area contributed by atoms with Gasteiger partial charge in [-0.25, -0.2) is 0 Å². The van der Waals surface area contributed by atoms with Crippen LogP contribution in [0.1, 0.15) is 65.7 Å². The van der Waals surface area contributed by atoms with Crippen molar-refractivity contribution < 1.29 is 0 Å². The molecule has 1 nitrogen and oxygen atoms in total. The molecule has 1 aliphatic rings. The van der Waals surface area contributed by atoms with Gasteiger partial charge >= 0.3 is 0 Å². The lowest BCUT2D eigenvalue weighted by Gasteiger charge is -2.28. The molecule has 102 valence electrons. The molecule has 0 aromatic rings. The van der Waals surface area contributed by atoms with Gasteiger partial charge in [-0.15, -0.1) is 0 Å². The minimum atomic E-state index is 0.773. The molecule has 1 fully saturated rings. The van der Waals surface area contributed by atoms with Crippen LogP contribution in [0.15, 0.2) is 0 Å². The first-order valence-corrected chi connectivity index (χ1v) is 8.71. The average molecular weight is 257 g/mol. The van der Waals surface area contributed by atoms with Crippen molar-refractivity contribution in [3.05, 3.63) is 0 Å². The average Bonchev–Trinajstić information content (AvgIpc) is 2.87. The molecule has 1 rings (SSSR count). The van der Waals surface area contributed by atoms with Gasteiger partial charge in [0.15, 0.2) is 0 Å². The third kappa shape index (κ3) is 5.65. The summed E-state index contributed by atoms with van der Waals surface area (Å²) in [5.41, 5.74) is 0. The van der Waals surface area contributed by atoms with Crippen LogP contribution in [0, 0.1) is 5.92 Å². The Bertz CT molecular complexity index is 178. The first-order valence-electron chi connectivity index (χ1n) is 7.66. The summed E-state index contributed by atoms with van der Waals surface area (Å²) in [6, 6.07) is 0.773. The van der Waals surface area contributed by atoms with E-state index in [0.29, 0.717) is 0 Å². The maximum absolute atomic E-state index is 3.74. The number of hydrogen-bond acceptors (Lipinski definition) is 2. The fourth-order valence-corrected chi connectivity index (χ4v) is 4.30. The lowest BCUT2D eigenvalue weighted by atomic mass is 9.90. The molecule has 0 amide bonds. The van der Waals surface area contributed by atoms with Crippen LogP contribution < -0.4 is 5.32 Å². The van der Waals surface area contributed by atoms with Crippen molar-refractivity contribution in [1.29, 1.82) is 0 Å². The fraction of sp³-hybridized carbons (Fsp3) is 1.00. The maximum atomic E-state index is 3.74. The van der Waals surface area contributed by atoms with Crippen LogP contribution in [0.4, 0.5) is 0 Å². The van der Waals surface area contributed by atoms with Gasteiger partial charge in [-0.1, -0.05) is 46.5 Å². The zero-order chi connectivity index (χ0) is 12.5. The molecule has 0 spiro atoms. The smallest absolute Gasteiger partial charge is 0.0201 e. The third-order valence-corrected chi connectivity index (χ3v) is 5.53. The summed E-state index contributed by atoms with van der Waals surface area (Å²) in [6.07, 6.45) is 9.83. The Balaban J connectivity index is 2.39. The van der Waals surface area contributed by atoms with Crippen molar-refractivity contribution in [1.82, 2.24) is 5.32 Å². The van der Waals surface area contributed by atoms with E-state index in [2.05, 4.69) is 37.8 Å². The molecule has 17 heavy (non-hydrogen) atoms. The maximum Gasteiger partial charge on any atom is 0.0201 e. The zero-order valence-corrected chi connectivity index (χ0v) is 12.8. The Labute approximate surface area is 113 Å². The first-order chi connectivity index (χ1) is 8.31. The Kier molecular flexibility index (Phi) is 8.38. The quantitative estimate of drug-likeness (QED) is 0.654. The molecule has 1 heterocycles. The SMILES string of the molecule is CCCCC(CC)CC(NCC)C1CCCS1. The lowest BCUT2D eigenvalue weighted by molar-refractivity contribution is 0.344. The van der Waals surface area contributed by atoms with E-state index in [1.807, 2.05) is 0 Å². The second-order valence-electron chi connectivity index (χ2n) is 5.37. The third-order valence-electron chi connectivity index (χ3n) is 4.01. The van der Waals surface area contributed by atoms with Crippen molar-refractivity contribution in [2.24, 2.45) is 5.92 Å². The van der Waals surface area contributed by atoms with E-state index in [4.69, 9.17) is 0 Å². The van der Waals surface area contributed by atoms with Gasteiger partial charge in [0.2, 0.25) is 0 Å². The minimum absolute atomic E-state index is 0.773. The molecule has 0 aromatic heterocycles. The van der Waals surface area contributed by atoms with Crippen LogP contribution >= 0.6 is 11.8 Å². The summed E-state index contributed by atoms with van der Waals surface area (Å²) in [7, 11) is 0. The molecule has 0 aliphatic carbocycles. The summed E-state index contributed by atoms with van der Waals surface area (Å²) in [5.74, 6) is 2.33. The Morgan fingerprint density at radius 2 is 2.12 bits per heavy atom. The molecule has 1 aliphatic heterocycles. The molecule has 1 N–H and O–H groups in total. The monoisotopic (exact) mass is 257 g/mol. The van der Waals surface area contributed by atoms with Crippen LogP contribution in [-0.2, 0) is 0 Å². The van der Waals surface area contributed by atoms with E-state index in [1.165, 1.54) is 50.7 Å². The molecule has 0 aromatic carbocycles. The van der Waals surface area contributed by atoms with Crippen LogP contribution in [-0.4, -0.2) is 23.6 Å². The van der Waals surface area contributed by atoms with Gasteiger partial charge in [0, 0.05) is 11.3 Å². The van der Waals surface area contributed by atoms with E-state index >= 15 is 0 Å². The van der Waals surface area contributed by atoms with Crippen molar-refractivity contribution in [3.8, 4) is 0 Å². The molecular weight excluding hydrogens is 226 g/mol. The largest absolute Gasteiger partial charge is 0.313 e. The number of nitrogens with one attached hydrogen (secondary N) is 1. The number of unbranched alkanes of at least 4 members (excludes halogenated alkanes) is 1. The predicted octanol–water partition coefficient (Wildman–Crippen LogP) is 4.47. The summed E-state index contributed by atoms with van der Waals surface area (Å²) < 4.78 is 0. The lowest BCUT2D eigenvalue weighted by Crippen LogP contribution is -2.38. The van der Waals surface area contributed by atoms with Gasteiger partial charge < -0.3 is 5.32 Å². The number of hydrogen-bond donors (Lipinski definition) is 1. The molecule has 0 bridgehead atoms. The highest BCUT2D eigenvalue weighted by atomic mass is 32.2. The second-order valence-corrected chi connectivity index (χ2v) is 6.71. The predicted molar refractivity (Wildman–Crippen MR) is 80.9 cm³/mol. The summed E-state index contributed by atoms with van der Waals surface area (Å²) >= 11 is 2.20. The van der Waals surface area contributed by atoms with E-state index in [0.717, 1.165) is 23.8 Å². The Morgan fingerprint density at radius 1 is 1.29 bits per heavy atom. The highest BCUT2D eigenvalue weighted by Gasteiger charge is 2.26. The fourth-order valence-electron chi connectivity index (χ4n) is 2.89. The summed E-state index contributed by atoms with van der Waals surface area (Å²) in [6.45, 7) is 8.05. The van der Waals surface area contributed by atoms with Crippen molar-refractivity contribution in [3.63, 3.8) is 0 Å². The van der Waals surface area contributed by atoms with Gasteiger partial charge in [-0.3, -0.25) is 0 Å². The molecule has 1 saturated heterocycles. The summed E-state index contributed by atoms with van der Waals surface area (Å²) in [4.78, 5) is 0. The van der Waals surface area contributed by atoms with Gasteiger partial charge in [-0.2, -0.15) is 11.8 Å². The van der Waals surface area contributed by atoms with Crippen LogP contribution in [0.2, 0.25) is 0 Å². The highest BCUT2D eigenvalue weighted by molar-refractivity contribution is 8.00. The molecular formula is C15H31NS. The zero-order valence-electron chi connectivity index (χ0n) is 12.0. The van der Waals surface area contributed by atoms with Gasteiger partial charge in [0.05, 0.1) is 0 Å². The minimum Gasteiger partial charge on any atom is -0.313 e. The van der Waals surface area contributed by atoms with Crippen molar-refractivity contribution in [2.45, 2.75) is 77.0 Å². The van der Waals surface area contributed by atoms with Gasteiger partial charge in [-0.05, 0) is 37.5 Å². The van der Waals surface area contributed by atoms with Crippen LogP contribution in [0.5, 0.6) is 0 Å². The molecule has 3 unspecified atom stereocenters. The Morgan fingerprint density at radius 3 is 2.65 bits per heavy atom. The topological polar surface area (TPSA) is 12.0 Å². The first kappa shape index (κ1) is 15.4. The van der Waals surface area contributed by atoms with Crippen LogP contribution in [0.25, 0.3) is 0 Å². The number of thioether (sulfide) groups is 1. The number of rotatable bonds is 9. The normalized spacial score (nSPS) is 23.8. The molecule has 0 radical (unpaired) electrons. The molecule has 2 heteroatoms. The van der Waals surface area contributed by atoms with Gasteiger partial charge in [0.25, 0.3) is 0 Å². The standard InChI is InChI=1S/C15H31NS/c1-4-7-9-13(5-2)12-14(16-6-3)15-10-8-11-17-15/h13-16H,4-12H2,1-3H3. The summed E-state index contributed by atoms with van der Waals surface area (Å²) in [5, 5.41) is 4.64. The molecule has 3 atom stereocenters. The van der Waals surface area contributed by atoms with E-state index in [-0.39, 0.29) is 0 Å². The van der Waals surface area contributed by atoms with Crippen molar-refractivity contribution >= 4 is 11.8 Å². The van der Waals surface area contributed by atoms with Gasteiger partial charge in [0.1, 0.15) is 0 Å². The van der Waals surface area contributed by atoms with E-state index in [9.17, 15) is 0 Å². The Hall–Kier alpha value is 0.310.